The second-order valence-electron chi connectivity index (χ2n) is 4.30. The second-order valence-corrected chi connectivity index (χ2v) is 4.30. The lowest BCUT2D eigenvalue weighted by Gasteiger charge is -2.07. The van der Waals surface area contributed by atoms with Gasteiger partial charge in [-0.05, 0) is 19.1 Å². The highest BCUT2D eigenvalue weighted by molar-refractivity contribution is 5.89. The van der Waals surface area contributed by atoms with Gasteiger partial charge in [-0.15, -0.1) is 0 Å². The van der Waals surface area contributed by atoms with Gasteiger partial charge in [-0.2, -0.15) is 0 Å². The summed E-state index contributed by atoms with van der Waals surface area (Å²) in [4.78, 5) is 29.4. The van der Waals surface area contributed by atoms with Crippen molar-refractivity contribution in [2.75, 3.05) is 5.32 Å². The molecule has 108 valence electrons. The normalized spacial score (nSPS) is 10.1. The zero-order valence-corrected chi connectivity index (χ0v) is 11.1. The van der Waals surface area contributed by atoms with Gasteiger partial charge in [-0.1, -0.05) is 0 Å². The number of aryl methyl sites for hydroxylation is 1. The number of nitrogens with one attached hydrogen (secondary N) is 1. The van der Waals surface area contributed by atoms with Crippen molar-refractivity contribution in [2.45, 2.75) is 13.5 Å². The smallest absolute Gasteiger partial charge is 0.335 e. The van der Waals surface area contributed by atoms with Gasteiger partial charge in [0.05, 0.1) is 34.6 Å². The first-order valence-corrected chi connectivity index (χ1v) is 6.00. The molecular weight excluding hydrogens is 276 g/mol. The number of aromatic carboxylic acids is 1. The molecule has 0 radical (unpaired) electrons. The van der Waals surface area contributed by atoms with E-state index >= 15 is 0 Å². The maximum absolute atomic E-state index is 11.0. The van der Waals surface area contributed by atoms with E-state index in [1.807, 2.05) is 0 Å². The first kappa shape index (κ1) is 14.4. The molecule has 0 atom stereocenters. The van der Waals surface area contributed by atoms with Crippen molar-refractivity contribution >= 4 is 17.3 Å². The van der Waals surface area contributed by atoms with Crippen LogP contribution in [0.2, 0.25) is 0 Å². The molecule has 1 aromatic carbocycles. The molecule has 0 saturated heterocycles. The largest absolute Gasteiger partial charge is 0.478 e. The average Bonchev–Trinajstić information content (AvgIpc) is 2.46. The molecule has 0 aliphatic carbocycles. The fraction of sp³-hybridized carbons (Fsp3) is 0.154. The van der Waals surface area contributed by atoms with Gasteiger partial charge in [0.2, 0.25) is 0 Å². The highest BCUT2D eigenvalue weighted by Gasteiger charge is 2.17. The predicted octanol–water partition coefficient (Wildman–Crippen LogP) is 2.00. The molecule has 0 unspecified atom stereocenters. The van der Waals surface area contributed by atoms with Crippen LogP contribution in [0.4, 0.5) is 11.4 Å². The summed E-state index contributed by atoms with van der Waals surface area (Å²) in [5, 5.41) is 22.7. The van der Waals surface area contributed by atoms with E-state index in [1.54, 1.807) is 19.3 Å². The lowest BCUT2D eigenvalue weighted by molar-refractivity contribution is -0.384. The molecule has 0 aliphatic heterocycles. The van der Waals surface area contributed by atoms with Crippen LogP contribution < -0.4 is 5.32 Å². The Morgan fingerprint density at radius 3 is 2.71 bits per heavy atom. The van der Waals surface area contributed by atoms with E-state index in [4.69, 9.17) is 5.11 Å². The number of hydrogen-bond acceptors (Lipinski definition) is 6. The first-order chi connectivity index (χ1) is 9.97. The molecular formula is C13H12N4O4. The number of carboxylic acids is 1. The number of carbonyl (C=O) groups is 1. The first-order valence-electron chi connectivity index (χ1n) is 6.00. The number of hydrogen-bond donors (Lipinski definition) is 2. The van der Waals surface area contributed by atoms with E-state index in [1.165, 1.54) is 12.1 Å². The summed E-state index contributed by atoms with van der Waals surface area (Å²) in [6.45, 7) is 2.06. The molecule has 8 nitrogen and oxygen atoms in total. The molecule has 1 aromatic heterocycles. The Hall–Kier alpha value is -3.03. The summed E-state index contributed by atoms with van der Waals surface area (Å²) in [6.07, 6.45) is 3.17. The lowest BCUT2D eigenvalue weighted by Crippen LogP contribution is -2.06. The molecule has 0 aliphatic rings. The molecule has 0 fully saturated rings. The zero-order chi connectivity index (χ0) is 15.4. The van der Waals surface area contributed by atoms with Crippen molar-refractivity contribution in [3.8, 4) is 0 Å². The molecule has 2 aromatic rings. The van der Waals surface area contributed by atoms with E-state index in [9.17, 15) is 14.9 Å². The van der Waals surface area contributed by atoms with E-state index < -0.39 is 10.9 Å². The SMILES string of the molecule is Cc1cnc(CNc2ccc(C(=O)O)cc2[N+](=O)[O-])cn1. The van der Waals surface area contributed by atoms with Crippen molar-refractivity contribution in [1.29, 1.82) is 0 Å². The summed E-state index contributed by atoms with van der Waals surface area (Å²) in [5.41, 5.74) is 1.19. The Kier molecular flexibility index (Phi) is 4.07. The van der Waals surface area contributed by atoms with Crippen molar-refractivity contribution in [3.63, 3.8) is 0 Å². The van der Waals surface area contributed by atoms with E-state index in [-0.39, 0.29) is 23.5 Å². The Morgan fingerprint density at radius 2 is 2.14 bits per heavy atom. The van der Waals surface area contributed by atoms with Crippen molar-refractivity contribution in [3.05, 3.63) is 57.7 Å². The summed E-state index contributed by atoms with van der Waals surface area (Å²) < 4.78 is 0. The van der Waals surface area contributed by atoms with Crippen LogP contribution >= 0.6 is 0 Å². The number of nitrogens with zero attached hydrogens (tertiary/aromatic N) is 3. The molecule has 0 bridgehead atoms. The fourth-order valence-corrected chi connectivity index (χ4v) is 1.66. The van der Waals surface area contributed by atoms with Gasteiger partial charge in [-0.25, -0.2) is 4.79 Å². The minimum absolute atomic E-state index is 0.137. The average molecular weight is 288 g/mol. The van der Waals surface area contributed by atoms with Crippen molar-refractivity contribution in [1.82, 2.24) is 9.97 Å². The maximum atomic E-state index is 11.0. The lowest BCUT2D eigenvalue weighted by atomic mass is 10.1. The van der Waals surface area contributed by atoms with E-state index in [0.29, 0.717) is 5.69 Å². The minimum atomic E-state index is -1.21. The fourth-order valence-electron chi connectivity index (χ4n) is 1.66. The number of nitro groups is 1. The molecule has 1 heterocycles. The van der Waals surface area contributed by atoms with E-state index in [0.717, 1.165) is 11.8 Å². The summed E-state index contributed by atoms with van der Waals surface area (Å²) in [7, 11) is 0. The monoisotopic (exact) mass is 288 g/mol. The quantitative estimate of drug-likeness (QED) is 0.638. The molecule has 0 saturated carbocycles. The number of carboxylic acid groups (broad SMARTS) is 1. The van der Waals surface area contributed by atoms with Gasteiger partial charge in [0.15, 0.2) is 0 Å². The van der Waals surface area contributed by atoms with Crippen molar-refractivity contribution < 1.29 is 14.8 Å². The predicted molar refractivity (Wildman–Crippen MR) is 74.2 cm³/mol. The van der Waals surface area contributed by atoms with E-state index in [2.05, 4.69) is 15.3 Å². The van der Waals surface area contributed by atoms with Crippen LogP contribution in [-0.2, 0) is 6.54 Å². The highest BCUT2D eigenvalue weighted by Crippen LogP contribution is 2.26. The molecule has 21 heavy (non-hydrogen) atoms. The van der Waals surface area contributed by atoms with Gasteiger partial charge in [0.25, 0.3) is 5.69 Å². The van der Waals surface area contributed by atoms with Crippen LogP contribution in [0, 0.1) is 17.0 Å². The summed E-state index contributed by atoms with van der Waals surface area (Å²) >= 11 is 0. The van der Waals surface area contributed by atoms with Crippen LogP contribution in [0.25, 0.3) is 0 Å². The van der Waals surface area contributed by atoms with Gasteiger partial charge in [0.1, 0.15) is 5.69 Å². The molecule has 0 spiro atoms. The summed E-state index contributed by atoms with van der Waals surface area (Å²) in [5.74, 6) is -1.21. The third-order valence-corrected chi connectivity index (χ3v) is 2.74. The third kappa shape index (κ3) is 3.50. The van der Waals surface area contributed by atoms with Gasteiger partial charge < -0.3 is 10.4 Å². The van der Waals surface area contributed by atoms with Crippen LogP contribution in [0.5, 0.6) is 0 Å². The molecule has 2 N–H and O–H groups in total. The summed E-state index contributed by atoms with van der Waals surface area (Å²) in [6, 6.07) is 3.69. The number of nitro benzene ring substituents is 1. The maximum Gasteiger partial charge on any atom is 0.335 e. The Labute approximate surface area is 119 Å². The Bertz CT molecular complexity index is 685. The molecule has 2 rings (SSSR count). The number of anilines is 1. The molecule has 0 amide bonds. The zero-order valence-electron chi connectivity index (χ0n) is 11.1. The second kappa shape index (κ2) is 5.95. The molecule has 8 heteroatoms. The van der Waals surface area contributed by atoms with Gasteiger partial charge in [0, 0.05) is 12.3 Å². The van der Waals surface area contributed by atoms with Crippen LogP contribution in [-0.4, -0.2) is 26.0 Å². The standard InChI is InChI=1S/C13H12N4O4/c1-8-5-15-10(6-14-8)7-16-11-3-2-9(13(18)19)4-12(11)17(20)21/h2-6,16H,7H2,1H3,(H,18,19). The van der Waals surface area contributed by atoms with Crippen LogP contribution in [0.3, 0.4) is 0 Å². The Morgan fingerprint density at radius 1 is 1.38 bits per heavy atom. The third-order valence-electron chi connectivity index (χ3n) is 2.74. The van der Waals surface area contributed by atoms with Gasteiger partial charge >= 0.3 is 5.97 Å². The topological polar surface area (TPSA) is 118 Å². The van der Waals surface area contributed by atoms with Gasteiger partial charge in [-0.3, -0.25) is 20.1 Å². The van der Waals surface area contributed by atoms with Crippen LogP contribution in [0.1, 0.15) is 21.7 Å². The number of aromatic nitrogens is 2. The van der Waals surface area contributed by atoms with Crippen LogP contribution in [0.15, 0.2) is 30.6 Å². The highest BCUT2D eigenvalue weighted by atomic mass is 16.6. The Balaban J connectivity index is 2.21. The minimum Gasteiger partial charge on any atom is -0.478 e. The van der Waals surface area contributed by atoms with Crippen molar-refractivity contribution in [2.24, 2.45) is 0 Å². The number of rotatable bonds is 5. The number of benzene rings is 1.